The number of aryl methyl sites for hydroxylation is 2. The fourth-order valence-electron chi connectivity index (χ4n) is 4.54. The van der Waals surface area contributed by atoms with Crippen molar-refractivity contribution in [2.75, 3.05) is 13.2 Å². The zero-order chi connectivity index (χ0) is 17.1. The molecule has 2 aliphatic rings. The minimum absolute atomic E-state index is 0.00884. The summed E-state index contributed by atoms with van der Waals surface area (Å²) in [6, 6.07) is 6.98. The molecule has 1 saturated heterocycles. The molecule has 2 heteroatoms. The van der Waals surface area contributed by atoms with Gasteiger partial charge in [0.25, 0.3) is 0 Å². The Morgan fingerprint density at radius 2 is 1.67 bits per heavy atom. The zero-order valence-electron chi connectivity index (χ0n) is 15.9. The lowest BCUT2D eigenvalue weighted by Gasteiger charge is -2.36. The smallest absolute Gasteiger partial charge is 0.154 e. The maximum absolute atomic E-state index is 5.64. The predicted octanol–water partition coefficient (Wildman–Crippen LogP) is 5.61. The molecule has 1 aromatic carbocycles. The van der Waals surface area contributed by atoms with Crippen LogP contribution in [0.25, 0.3) is 0 Å². The summed E-state index contributed by atoms with van der Waals surface area (Å²) >= 11 is 0. The molecule has 1 aliphatic carbocycles. The lowest BCUT2D eigenvalue weighted by atomic mass is 9.69. The van der Waals surface area contributed by atoms with E-state index in [0.29, 0.717) is 5.92 Å². The number of hydrogen-bond acceptors (Lipinski definition) is 2. The van der Waals surface area contributed by atoms with Gasteiger partial charge < -0.3 is 9.47 Å². The van der Waals surface area contributed by atoms with Gasteiger partial charge in [0.15, 0.2) is 6.29 Å². The van der Waals surface area contributed by atoms with E-state index < -0.39 is 0 Å². The summed E-state index contributed by atoms with van der Waals surface area (Å²) in [5, 5.41) is 0. The van der Waals surface area contributed by atoms with Crippen LogP contribution in [0.1, 0.15) is 68.6 Å². The van der Waals surface area contributed by atoms with Gasteiger partial charge in [-0.25, -0.2) is 0 Å². The van der Waals surface area contributed by atoms with E-state index in [0.717, 1.165) is 31.0 Å². The summed E-state index contributed by atoms with van der Waals surface area (Å²) in [4.78, 5) is 0. The van der Waals surface area contributed by atoms with Gasteiger partial charge in [0.05, 0.1) is 13.2 Å². The van der Waals surface area contributed by atoms with E-state index in [9.17, 15) is 0 Å². The van der Waals surface area contributed by atoms with Crippen LogP contribution >= 0.6 is 0 Å². The number of rotatable bonds is 4. The minimum atomic E-state index is -0.00884. The van der Waals surface area contributed by atoms with E-state index in [1.807, 2.05) is 6.92 Å². The van der Waals surface area contributed by atoms with Crippen LogP contribution in [0, 0.1) is 31.6 Å². The van der Waals surface area contributed by atoms with Crippen molar-refractivity contribution in [3.8, 4) is 0 Å². The Hall–Kier alpha value is -0.860. The highest BCUT2D eigenvalue weighted by Crippen LogP contribution is 2.43. The van der Waals surface area contributed by atoms with Gasteiger partial charge in [-0.05, 0) is 75.3 Å². The van der Waals surface area contributed by atoms with Gasteiger partial charge >= 0.3 is 0 Å². The Morgan fingerprint density at radius 3 is 2.42 bits per heavy atom. The van der Waals surface area contributed by atoms with Gasteiger partial charge in [0.1, 0.15) is 0 Å². The van der Waals surface area contributed by atoms with Crippen molar-refractivity contribution in [1.29, 1.82) is 0 Å². The standard InChI is InChI=1S/C22H34O2/c1-15-5-6-16(2)21(11-15)22-12-19(8-7-17(22)3)9-10-20-13-23-18(4)24-14-20/h5-6,11,17-20,22H,7-10,12-14H2,1-4H3. The number of hydrogen-bond donors (Lipinski definition) is 0. The monoisotopic (exact) mass is 330 g/mol. The lowest BCUT2D eigenvalue weighted by Crippen LogP contribution is -2.30. The maximum atomic E-state index is 5.64. The highest BCUT2D eigenvalue weighted by molar-refractivity contribution is 5.34. The van der Waals surface area contributed by atoms with Crippen molar-refractivity contribution >= 4 is 0 Å². The summed E-state index contributed by atoms with van der Waals surface area (Å²) in [5.41, 5.74) is 4.47. The molecule has 0 spiro atoms. The summed E-state index contributed by atoms with van der Waals surface area (Å²) in [6.07, 6.45) is 6.71. The van der Waals surface area contributed by atoms with Gasteiger partial charge in [-0.1, -0.05) is 37.1 Å². The molecule has 1 heterocycles. The summed E-state index contributed by atoms with van der Waals surface area (Å²) < 4.78 is 11.3. The van der Waals surface area contributed by atoms with Crippen LogP contribution in [0.3, 0.4) is 0 Å². The van der Waals surface area contributed by atoms with Gasteiger partial charge in [0, 0.05) is 5.92 Å². The van der Waals surface area contributed by atoms with Crippen LogP contribution in [0.4, 0.5) is 0 Å². The molecule has 2 fully saturated rings. The predicted molar refractivity (Wildman–Crippen MR) is 99.3 cm³/mol. The first-order valence-corrected chi connectivity index (χ1v) is 9.83. The number of ether oxygens (including phenoxy) is 2. The van der Waals surface area contributed by atoms with Crippen molar-refractivity contribution in [2.24, 2.45) is 17.8 Å². The third-order valence-electron chi connectivity index (χ3n) is 6.26. The average molecular weight is 331 g/mol. The molecular formula is C22H34O2. The van der Waals surface area contributed by atoms with Crippen molar-refractivity contribution < 1.29 is 9.47 Å². The quantitative estimate of drug-likeness (QED) is 0.714. The van der Waals surface area contributed by atoms with Gasteiger partial charge in [-0.15, -0.1) is 0 Å². The van der Waals surface area contributed by atoms with Crippen molar-refractivity contribution in [3.63, 3.8) is 0 Å². The van der Waals surface area contributed by atoms with Crippen LogP contribution in [0.2, 0.25) is 0 Å². The van der Waals surface area contributed by atoms with E-state index in [1.54, 1.807) is 5.56 Å². The first-order valence-electron chi connectivity index (χ1n) is 9.83. The highest BCUT2D eigenvalue weighted by atomic mass is 16.7. The van der Waals surface area contributed by atoms with E-state index >= 15 is 0 Å². The SMILES string of the molecule is Cc1ccc(C)c(C2CC(CCC3COC(C)OC3)CCC2C)c1. The Balaban J connectivity index is 1.58. The second-order valence-corrected chi connectivity index (χ2v) is 8.30. The summed E-state index contributed by atoms with van der Waals surface area (Å²) in [7, 11) is 0. The second-order valence-electron chi connectivity index (χ2n) is 8.30. The van der Waals surface area contributed by atoms with E-state index in [1.165, 1.54) is 43.2 Å². The Morgan fingerprint density at radius 1 is 0.958 bits per heavy atom. The molecule has 3 atom stereocenters. The average Bonchev–Trinajstić information content (AvgIpc) is 2.58. The summed E-state index contributed by atoms with van der Waals surface area (Å²) in [5.74, 6) is 3.01. The minimum Gasteiger partial charge on any atom is -0.353 e. The lowest BCUT2D eigenvalue weighted by molar-refractivity contribution is -0.191. The first-order chi connectivity index (χ1) is 11.5. The van der Waals surface area contributed by atoms with Crippen LogP contribution < -0.4 is 0 Å². The highest BCUT2D eigenvalue weighted by Gasteiger charge is 2.30. The molecule has 0 N–H and O–H groups in total. The topological polar surface area (TPSA) is 18.5 Å². The van der Waals surface area contributed by atoms with E-state index in [2.05, 4.69) is 39.0 Å². The first kappa shape index (κ1) is 17.9. The fraction of sp³-hybridized carbons (Fsp3) is 0.727. The van der Waals surface area contributed by atoms with Crippen molar-refractivity contribution in [3.05, 3.63) is 34.9 Å². The van der Waals surface area contributed by atoms with Gasteiger partial charge in [-0.3, -0.25) is 0 Å². The molecule has 0 aromatic heterocycles. The molecule has 0 radical (unpaired) electrons. The molecule has 24 heavy (non-hydrogen) atoms. The Kier molecular flexibility index (Phi) is 5.99. The van der Waals surface area contributed by atoms with Crippen LogP contribution in [0.5, 0.6) is 0 Å². The van der Waals surface area contributed by atoms with Crippen molar-refractivity contribution in [1.82, 2.24) is 0 Å². The van der Waals surface area contributed by atoms with Gasteiger partial charge in [0.2, 0.25) is 0 Å². The third kappa shape index (κ3) is 4.40. The molecular weight excluding hydrogens is 296 g/mol. The molecule has 134 valence electrons. The molecule has 3 unspecified atom stereocenters. The van der Waals surface area contributed by atoms with Crippen LogP contribution in [0.15, 0.2) is 18.2 Å². The van der Waals surface area contributed by atoms with E-state index in [-0.39, 0.29) is 6.29 Å². The fourth-order valence-corrected chi connectivity index (χ4v) is 4.54. The molecule has 2 nitrogen and oxygen atoms in total. The molecule has 0 amide bonds. The third-order valence-corrected chi connectivity index (χ3v) is 6.26. The molecule has 1 aliphatic heterocycles. The summed E-state index contributed by atoms with van der Waals surface area (Å²) in [6.45, 7) is 10.7. The molecule has 0 bridgehead atoms. The van der Waals surface area contributed by atoms with E-state index in [4.69, 9.17) is 9.47 Å². The number of benzene rings is 1. The van der Waals surface area contributed by atoms with Crippen LogP contribution in [-0.4, -0.2) is 19.5 Å². The molecule has 1 aromatic rings. The maximum Gasteiger partial charge on any atom is 0.154 e. The zero-order valence-corrected chi connectivity index (χ0v) is 15.9. The Bertz CT molecular complexity index is 531. The van der Waals surface area contributed by atoms with Crippen molar-refractivity contribution in [2.45, 2.75) is 72.0 Å². The van der Waals surface area contributed by atoms with Gasteiger partial charge in [-0.2, -0.15) is 0 Å². The largest absolute Gasteiger partial charge is 0.353 e. The molecule has 1 saturated carbocycles. The second kappa shape index (κ2) is 8.01. The normalized spacial score (nSPS) is 34.2. The molecule has 3 rings (SSSR count). The Labute approximate surface area is 147 Å². The van der Waals surface area contributed by atoms with Crippen LogP contribution in [-0.2, 0) is 9.47 Å².